The Morgan fingerprint density at radius 2 is 1.88 bits per heavy atom. The van der Waals surface area contributed by atoms with Crippen LogP contribution in [-0.2, 0) is 14.3 Å². The second-order valence-corrected chi connectivity index (χ2v) is 8.93. The van der Waals surface area contributed by atoms with Gasteiger partial charge >= 0.3 is 11.9 Å². The van der Waals surface area contributed by atoms with Gasteiger partial charge in [-0.1, -0.05) is 53.3 Å². The van der Waals surface area contributed by atoms with Gasteiger partial charge in [0.2, 0.25) is 0 Å². The number of hydrogen-bond acceptors (Lipinski definition) is 7. The van der Waals surface area contributed by atoms with E-state index in [0.29, 0.717) is 42.5 Å². The topological polar surface area (TPSA) is 87.0 Å². The summed E-state index contributed by atoms with van der Waals surface area (Å²) in [6, 6.07) is 13.2. The van der Waals surface area contributed by atoms with Crippen molar-refractivity contribution in [2.24, 2.45) is 4.99 Å². The van der Waals surface area contributed by atoms with E-state index in [1.807, 2.05) is 0 Å². The summed E-state index contributed by atoms with van der Waals surface area (Å²) >= 11 is 7.27. The molecule has 0 bridgehead atoms. The van der Waals surface area contributed by atoms with Gasteiger partial charge in [0.1, 0.15) is 5.75 Å². The van der Waals surface area contributed by atoms with Crippen molar-refractivity contribution in [2.75, 3.05) is 6.61 Å². The minimum Gasteiger partial charge on any atom is -0.463 e. The van der Waals surface area contributed by atoms with E-state index in [1.165, 1.54) is 22.8 Å². The van der Waals surface area contributed by atoms with Crippen LogP contribution in [0.1, 0.15) is 37.9 Å². The quantitative estimate of drug-likeness (QED) is 0.399. The van der Waals surface area contributed by atoms with E-state index in [2.05, 4.69) is 4.99 Å². The van der Waals surface area contributed by atoms with Crippen molar-refractivity contribution in [1.29, 1.82) is 0 Å². The smallest absolute Gasteiger partial charge is 0.338 e. The molecule has 1 unspecified atom stereocenters. The van der Waals surface area contributed by atoms with Gasteiger partial charge in [-0.2, -0.15) is 0 Å². The number of nitrogens with zero attached hydrogens (tertiary/aromatic N) is 2. The lowest BCUT2D eigenvalue weighted by molar-refractivity contribution is -0.139. The van der Waals surface area contributed by atoms with Crippen molar-refractivity contribution in [2.45, 2.75) is 26.8 Å². The first kappa shape index (κ1) is 23.7. The number of esters is 2. The van der Waals surface area contributed by atoms with Crippen LogP contribution < -0.4 is 19.6 Å². The lowest BCUT2D eigenvalue weighted by Gasteiger charge is -2.24. The number of fused-ring (bicyclic) bond motifs is 1. The summed E-state index contributed by atoms with van der Waals surface area (Å²) < 4.78 is 12.4. The van der Waals surface area contributed by atoms with Gasteiger partial charge in [0.05, 0.1) is 28.5 Å². The van der Waals surface area contributed by atoms with Crippen molar-refractivity contribution in [3.05, 3.63) is 95.6 Å². The van der Waals surface area contributed by atoms with Crippen LogP contribution in [0.2, 0.25) is 5.02 Å². The molecular formula is C25H21ClN2O5S. The summed E-state index contributed by atoms with van der Waals surface area (Å²) in [6.07, 6.45) is 1.66. The average Bonchev–Trinajstić information content (AvgIpc) is 3.09. The van der Waals surface area contributed by atoms with Crippen molar-refractivity contribution in [1.82, 2.24) is 4.57 Å². The number of aromatic nitrogens is 1. The number of halogens is 1. The normalized spacial score (nSPS) is 15.5. The first-order valence-corrected chi connectivity index (χ1v) is 11.7. The SMILES string of the molecule is CCOC(=O)C1=C(C)N=c2sc(=Cc3ccccc3OC(C)=O)c(=O)n2C1c1ccc(Cl)cc1. The third-order valence-corrected chi connectivity index (χ3v) is 6.40. The minimum absolute atomic E-state index is 0.195. The fraction of sp³-hybridized carbons (Fsp3) is 0.200. The Labute approximate surface area is 204 Å². The summed E-state index contributed by atoms with van der Waals surface area (Å²) in [5, 5.41) is 0.539. The fourth-order valence-corrected chi connectivity index (χ4v) is 4.90. The van der Waals surface area contributed by atoms with Crippen LogP contribution in [0.5, 0.6) is 5.75 Å². The molecule has 1 aliphatic rings. The summed E-state index contributed by atoms with van der Waals surface area (Å²) in [6.45, 7) is 4.96. The van der Waals surface area contributed by atoms with E-state index in [9.17, 15) is 14.4 Å². The standard InChI is InChI=1S/C25H21ClN2O5S/c1-4-32-24(31)21-14(2)27-25-28(22(21)16-9-11-18(26)12-10-16)23(30)20(34-25)13-17-7-5-6-8-19(17)33-15(3)29/h5-13,22H,4H2,1-3H3. The molecule has 34 heavy (non-hydrogen) atoms. The first-order chi connectivity index (χ1) is 16.3. The molecule has 3 aromatic rings. The van der Waals surface area contributed by atoms with Crippen LogP contribution in [0.15, 0.2) is 69.6 Å². The lowest BCUT2D eigenvalue weighted by atomic mass is 9.96. The number of hydrogen-bond donors (Lipinski definition) is 0. The van der Waals surface area contributed by atoms with E-state index < -0.39 is 18.0 Å². The molecule has 174 valence electrons. The number of carbonyl (C=O) groups excluding carboxylic acids is 2. The molecule has 1 atom stereocenters. The van der Waals surface area contributed by atoms with Crippen LogP contribution >= 0.6 is 22.9 Å². The molecule has 0 aliphatic carbocycles. The summed E-state index contributed by atoms with van der Waals surface area (Å²) in [5.74, 6) is -0.642. The number of carbonyl (C=O) groups is 2. The van der Waals surface area contributed by atoms with Gasteiger partial charge in [-0.25, -0.2) is 9.79 Å². The highest BCUT2D eigenvalue weighted by atomic mass is 35.5. The van der Waals surface area contributed by atoms with Gasteiger partial charge in [-0.15, -0.1) is 0 Å². The molecule has 2 aromatic carbocycles. The van der Waals surface area contributed by atoms with E-state index in [1.54, 1.807) is 68.5 Å². The van der Waals surface area contributed by atoms with E-state index in [-0.39, 0.29) is 12.2 Å². The molecule has 1 aliphatic heterocycles. The Kier molecular flexibility index (Phi) is 6.81. The molecule has 2 heterocycles. The fourth-order valence-electron chi connectivity index (χ4n) is 3.74. The number of benzene rings is 2. The third-order valence-electron chi connectivity index (χ3n) is 5.16. The predicted molar refractivity (Wildman–Crippen MR) is 130 cm³/mol. The molecule has 9 heteroatoms. The lowest BCUT2D eigenvalue weighted by Crippen LogP contribution is -2.39. The molecule has 1 aromatic heterocycles. The molecule has 0 spiro atoms. The summed E-state index contributed by atoms with van der Waals surface area (Å²) in [5.41, 5.74) is 1.73. The monoisotopic (exact) mass is 496 g/mol. The Bertz CT molecular complexity index is 1480. The van der Waals surface area contributed by atoms with Crippen molar-refractivity contribution < 1.29 is 19.1 Å². The predicted octanol–water partition coefficient (Wildman–Crippen LogP) is 3.38. The van der Waals surface area contributed by atoms with Gasteiger partial charge < -0.3 is 9.47 Å². The van der Waals surface area contributed by atoms with Crippen LogP contribution in [0.4, 0.5) is 0 Å². The van der Waals surface area contributed by atoms with Crippen LogP contribution in [0, 0.1) is 0 Å². The average molecular weight is 497 g/mol. The van der Waals surface area contributed by atoms with Gasteiger partial charge in [0.25, 0.3) is 5.56 Å². The largest absolute Gasteiger partial charge is 0.463 e. The summed E-state index contributed by atoms with van der Waals surface area (Å²) in [7, 11) is 0. The molecule has 0 amide bonds. The van der Waals surface area contributed by atoms with Crippen LogP contribution in [0.25, 0.3) is 6.08 Å². The molecule has 0 N–H and O–H groups in total. The number of rotatable bonds is 5. The zero-order valence-corrected chi connectivity index (χ0v) is 20.3. The van der Waals surface area contributed by atoms with Crippen LogP contribution in [-0.4, -0.2) is 23.1 Å². The van der Waals surface area contributed by atoms with E-state index in [0.717, 1.165) is 0 Å². The first-order valence-electron chi connectivity index (χ1n) is 10.5. The number of ether oxygens (including phenoxy) is 2. The van der Waals surface area contributed by atoms with Crippen molar-refractivity contribution in [3.8, 4) is 5.75 Å². The van der Waals surface area contributed by atoms with Gasteiger partial charge in [0.15, 0.2) is 4.80 Å². The molecule has 7 nitrogen and oxygen atoms in total. The zero-order valence-electron chi connectivity index (χ0n) is 18.7. The maximum absolute atomic E-state index is 13.6. The molecule has 0 radical (unpaired) electrons. The Morgan fingerprint density at radius 3 is 2.56 bits per heavy atom. The maximum atomic E-state index is 13.6. The number of para-hydroxylation sites is 1. The molecule has 0 saturated heterocycles. The number of thiazole rings is 1. The van der Waals surface area contributed by atoms with E-state index in [4.69, 9.17) is 21.1 Å². The van der Waals surface area contributed by atoms with Gasteiger partial charge in [-0.05, 0) is 43.7 Å². The van der Waals surface area contributed by atoms with Crippen molar-refractivity contribution >= 4 is 41.0 Å². The highest BCUT2D eigenvalue weighted by Gasteiger charge is 2.33. The van der Waals surface area contributed by atoms with Gasteiger partial charge in [0, 0.05) is 17.5 Å². The van der Waals surface area contributed by atoms with Crippen molar-refractivity contribution in [3.63, 3.8) is 0 Å². The molecule has 0 saturated carbocycles. The van der Waals surface area contributed by atoms with E-state index >= 15 is 0 Å². The van der Waals surface area contributed by atoms with Crippen LogP contribution in [0.3, 0.4) is 0 Å². The zero-order chi connectivity index (χ0) is 24.4. The Hall–Kier alpha value is -3.49. The highest BCUT2D eigenvalue weighted by molar-refractivity contribution is 7.07. The molecular weight excluding hydrogens is 476 g/mol. The number of allylic oxidation sites excluding steroid dienone is 1. The van der Waals surface area contributed by atoms with Gasteiger partial charge in [-0.3, -0.25) is 14.2 Å². The summed E-state index contributed by atoms with van der Waals surface area (Å²) in [4.78, 5) is 43.0. The second kappa shape index (κ2) is 9.79. The molecule has 4 rings (SSSR count). The minimum atomic E-state index is -0.724. The second-order valence-electron chi connectivity index (χ2n) is 7.49. The highest BCUT2D eigenvalue weighted by Crippen LogP contribution is 2.31. The Morgan fingerprint density at radius 1 is 1.18 bits per heavy atom. The molecule has 0 fully saturated rings. The maximum Gasteiger partial charge on any atom is 0.338 e. The Balaban J connectivity index is 1.94. The third kappa shape index (κ3) is 4.60.